The van der Waals surface area contributed by atoms with E-state index in [2.05, 4.69) is 43.2 Å². The van der Waals surface area contributed by atoms with Gasteiger partial charge in [-0.1, -0.05) is 25.1 Å². The largest absolute Gasteiger partial charge is 0.459 e. The van der Waals surface area contributed by atoms with Crippen LogP contribution in [0.25, 0.3) is 11.0 Å². The van der Waals surface area contributed by atoms with Crippen molar-refractivity contribution in [3.8, 4) is 0 Å². The van der Waals surface area contributed by atoms with E-state index in [1.165, 1.54) is 10.9 Å². The molecule has 0 radical (unpaired) electrons. The van der Waals surface area contributed by atoms with E-state index in [0.717, 1.165) is 30.9 Å². The summed E-state index contributed by atoms with van der Waals surface area (Å²) in [6.07, 6.45) is 1.15. The molecule has 0 spiro atoms. The number of nitrogens with one attached hydrogen (secondary N) is 1. The summed E-state index contributed by atoms with van der Waals surface area (Å²) in [7, 11) is 4.13. The van der Waals surface area contributed by atoms with Gasteiger partial charge in [-0.25, -0.2) is 0 Å². The molecule has 2 aromatic rings. The zero-order valence-electron chi connectivity index (χ0n) is 12.4. The summed E-state index contributed by atoms with van der Waals surface area (Å²) in [4.78, 5) is 2.34. The van der Waals surface area contributed by atoms with Crippen LogP contribution in [0.1, 0.15) is 31.6 Å². The lowest BCUT2D eigenvalue weighted by Gasteiger charge is -2.22. The van der Waals surface area contributed by atoms with Crippen LogP contribution in [-0.2, 0) is 13.1 Å². The molecule has 1 unspecified atom stereocenters. The highest BCUT2D eigenvalue weighted by molar-refractivity contribution is 5.82. The number of para-hydroxylation sites is 1. The molecule has 3 heteroatoms. The first-order valence-electron chi connectivity index (χ1n) is 7.01. The van der Waals surface area contributed by atoms with Crippen LogP contribution in [0.3, 0.4) is 0 Å². The molecule has 0 amide bonds. The van der Waals surface area contributed by atoms with Crippen molar-refractivity contribution >= 4 is 11.0 Å². The van der Waals surface area contributed by atoms with E-state index in [-0.39, 0.29) is 0 Å². The summed E-state index contributed by atoms with van der Waals surface area (Å²) in [5.74, 6) is 1.08. The summed E-state index contributed by atoms with van der Waals surface area (Å²) >= 11 is 0. The minimum Gasteiger partial charge on any atom is -0.459 e. The molecule has 1 heterocycles. The number of fused-ring (bicyclic) bond motifs is 1. The Hall–Kier alpha value is -1.32. The van der Waals surface area contributed by atoms with Crippen molar-refractivity contribution in [3.63, 3.8) is 0 Å². The third kappa shape index (κ3) is 2.99. The maximum Gasteiger partial charge on any atom is 0.134 e. The van der Waals surface area contributed by atoms with Gasteiger partial charge in [0.05, 0.1) is 6.54 Å². The monoisotopic (exact) mass is 260 g/mol. The fraction of sp³-hybridized carbons (Fsp3) is 0.500. The molecule has 1 aromatic carbocycles. The van der Waals surface area contributed by atoms with E-state index in [1.807, 2.05) is 19.2 Å². The van der Waals surface area contributed by atoms with Crippen LogP contribution >= 0.6 is 0 Å². The van der Waals surface area contributed by atoms with Crippen LogP contribution in [-0.4, -0.2) is 25.0 Å². The van der Waals surface area contributed by atoms with Crippen molar-refractivity contribution in [2.24, 2.45) is 0 Å². The van der Waals surface area contributed by atoms with Gasteiger partial charge >= 0.3 is 0 Å². The molecule has 0 aliphatic carbocycles. The maximum absolute atomic E-state index is 6.04. The van der Waals surface area contributed by atoms with Gasteiger partial charge in [0.1, 0.15) is 11.3 Å². The first-order valence-corrected chi connectivity index (χ1v) is 7.01. The van der Waals surface area contributed by atoms with Crippen LogP contribution in [0.4, 0.5) is 0 Å². The SMILES string of the molecule is CCC(C)N(C)Cc1oc2ccccc2c1CNC. The molecule has 0 saturated carbocycles. The molecule has 1 aromatic heterocycles. The van der Waals surface area contributed by atoms with E-state index in [1.54, 1.807) is 0 Å². The second-order valence-electron chi connectivity index (χ2n) is 5.20. The van der Waals surface area contributed by atoms with Gasteiger partial charge in [0, 0.05) is 23.5 Å². The lowest BCUT2D eigenvalue weighted by atomic mass is 10.1. The average Bonchev–Trinajstić information content (AvgIpc) is 2.76. The molecular formula is C16H24N2O. The molecule has 19 heavy (non-hydrogen) atoms. The lowest BCUT2D eigenvalue weighted by molar-refractivity contribution is 0.226. The highest BCUT2D eigenvalue weighted by Gasteiger charge is 2.16. The Kier molecular flexibility index (Phi) is 4.61. The minimum atomic E-state index is 0.565. The smallest absolute Gasteiger partial charge is 0.134 e. The van der Waals surface area contributed by atoms with E-state index in [9.17, 15) is 0 Å². The summed E-state index contributed by atoms with van der Waals surface area (Å²) in [6.45, 7) is 6.18. The van der Waals surface area contributed by atoms with Gasteiger partial charge in [-0.2, -0.15) is 0 Å². The minimum absolute atomic E-state index is 0.565. The second-order valence-corrected chi connectivity index (χ2v) is 5.20. The molecule has 3 nitrogen and oxygen atoms in total. The van der Waals surface area contributed by atoms with Crippen molar-refractivity contribution in [2.75, 3.05) is 14.1 Å². The summed E-state index contributed by atoms with van der Waals surface area (Å²) < 4.78 is 6.04. The fourth-order valence-electron chi connectivity index (χ4n) is 2.34. The van der Waals surface area contributed by atoms with Gasteiger partial charge in [0.2, 0.25) is 0 Å². The predicted octanol–water partition coefficient (Wildman–Crippen LogP) is 3.38. The molecular weight excluding hydrogens is 236 g/mol. The highest BCUT2D eigenvalue weighted by Crippen LogP contribution is 2.27. The zero-order chi connectivity index (χ0) is 13.8. The summed E-state index contributed by atoms with van der Waals surface area (Å²) in [5, 5.41) is 4.47. The van der Waals surface area contributed by atoms with E-state index < -0.39 is 0 Å². The first-order chi connectivity index (χ1) is 9.17. The van der Waals surface area contributed by atoms with E-state index >= 15 is 0 Å². The lowest BCUT2D eigenvalue weighted by Crippen LogP contribution is -2.28. The molecule has 2 rings (SSSR count). The number of nitrogens with zero attached hydrogens (tertiary/aromatic N) is 1. The molecule has 0 aliphatic rings. The Balaban J connectivity index is 2.33. The Morgan fingerprint density at radius 1 is 1.32 bits per heavy atom. The van der Waals surface area contributed by atoms with Gasteiger partial charge in [0.15, 0.2) is 0 Å². The molecule has 1 atom stereocenters. The van der Waals surface area contributed by atoms with Crippen molar-refractivity contribution in [2.45, 2.75) is 39.4 Å². The first kappa shape index (κ1) is 14.1. The van der Waals surface area contributed by atoms with Crippen LogP contribution in [0.15, 0.2) is 28.7 Å². The number of furan rings is 1. The van der Waals surface area contributed by atoms with Crippen molar-refractivity contribution in [3.05, 3.63) is 35.6 Å². The van der Waals surface area contributed by atoms with Crippen LogP contribution < -0.4 is 5.32 Å². The second kappa shape index (κ2) is 6.22. The fourth-order valence-corrected chi connectivity index (χ4v) is 2.34. The topological polar surface area (TPSA) is 28.4 Å². The van der Waals surface area contributed by atoms with Crippen LogP contribution in [0.5, 0.6) is 0 Å². The maximum atomic E-state index is 6.04. The summed E-state index contributed by atoms with van der Waals surface area (Å²) in [6, 6.07) is 8.84. The molecule has 0 aliphatic heterocycles. The van der Waals surface area contributed by atoms with Crippen molar-refractivity contribution < 1.29 is 4.42 Å². The highest BCUT2D eigenvalue weighted by atomic mass is 16.3. The number of rotatable bonds is 6. The van der Waals surface area contributed by atoms with E-state index in [4.69, 9.17) is 4.42 Å². The molecule has 104 valence electrons. The van der Waals surface area contributed by atoms with Crippen LogP contribution in [0, 0.1) is 0 Å². The number of hydrogen-bond donors (Lipinski definition) is 1. The molecule has 0 fully saturated rings. The van der Waals surface area contributed by atoms with Crippen molar-refractivity contribution in [1.29, 1.82) is 0 Å². The predicted molar refractivity (Wildman–Crippen MR) is 80.2 cm³/mol. The number of hydrogen-bond acceptors (Lipinski definition) is 3. The quantitative estimate of drug-likeness (QED) is 0.863. The number of benzene rings is 1. The van der Waals surface area contributed by atoms with Gasteiger partial charge in [-0.3, -0.25) is 4.90 Å². The molecule has 0 bridgehead atoms. The average molecular weight is 260 g/mol. The van der Waals surface area contributed by atoms with Gasteiger partial charge < -0.3 is 9.73 Å². The summed E-state index contributed by atoms with van der Waals surface area (Å²) in [5.41, 5.74) is 2.27. The normalized spacial score (nSPS) is 13.3. The van der Waals surface area contributed by atoms with E-state index in [0.29, 0.717) is 6.04 Å². The van der Waals surface area contributed by atoms with Crippen molar-refractivity contribution in [1.82, 2.24) is 10.2 Å². The van der Waals surface area contributed by atoms with Gasteiger partial charge in [0.25, 0.3) is 0 Å². The Labute approximate surface area is 115 Å². The Bertz CT molecular complexity index is 533. The zero-order valence-corrected chi connectivity index (χ0v) is 12.4. The third-order valence-corrected chi connectivity index (χ3v) is 3.87. The molecule has 1 N–H and O–H groups in total. The van der Waals surface area contributed by atoms with Gasteiger partial charge in [-0.05, 0) is 33.5 Å². The van der Waals surface area contributed by atoms with Gasteiger partial charge in [-0.15, -0.1) is 0 Å². The third-order valence-electron chi connectivity index (χ3n) is 3.87. The Morgan fingerprint density at radius 2 is 2.05 bits per heavy atom. The Morgan fingerprint density at radius 3 is 2.74 bits per heavy atom. The van der Waals surface area contributed by atoms with Crippen LogP contribution in [0.2, 0.25) is 0 Å². The standard InChI is InChI=1S/C16H24N2O/c1-5-12(2)18(4)11-16-14(10-17-3)13-8-6-7-9-15(13)19-16/h6-9,12,17H,5,10-11H2,1-4H3. The molecule has 0 saturated heterocycles.